The second-order valence-electron chi connectivity index (χ2n) is 9.22. The monoisotopic (exact) mass is 605 g/mol. The summed E-state index contributed by atoms with van der Waals surface area (Å²) in [4.78, 5) is 46.8. The second-order valence-corrected chi connectivity index (χ2v) is 9.63. The van der Waals surface area contributed by atoms with Crippen molar-refractivity contribution in [2.75, 3.05) is 10.6 Å². The summed E-state index contributed by atoms with van der Waals surface area (Å²) >= 11 is 6.32. The first kappa shape index (κ1) is 30.3. The number of benzene rings is 2. The highest BCUT2D eigenvalue weighted by atomic mass is 35.5. The van der Waals surface area contributed by atoms with Crippen LogP contribution in [-0.4, -0.2) is 32.1 Å². The lowest BCUT2D eigenvalue weighted by Crippen LogP contribution is -2.22. The molecule has 2 heterocycles. The lowest BCUT2D eigenvalue weighted by atomic mass is 9.96. The molecule has 42 heavy (non-hydrogen) atoms. The summed E-state index contributed by atoms with van der Waals surface area (Å²) in [6, 6.07) is 7.88. The number of nitrogens with zero attached hydrogens (tertiary/aromatic N) is 3. The maximum absolute atomic E-state index is 14.2. The van der Waals surface area contributed by atoms with E-state index < -0.39 is 59.0 Å². The fraction of sp³-hybridized carbons (Fsp3) is 0.179. The quantitative estimate of drug-likeness (QED) is 0.224. The van der Waals surface area contributed by atoms with Crippen molar-refractivity contribution in [1.82, 2.24) is 14.5 Å². The fourth-order valence-electron chi connectivity index (χ4n) is 4.23. The van der Waals surface area contributed by atoms with Gasteiger partial charge < -0.3 is 15.2 Å². The molecule has 4 aromatic rings. The number of anilines is 2. The number of rotatable bonds is 8. The van der Waals surface area contributed by atoms with Crippen LogP contribution in [0.3, 0.4) is 0 Å². The number of imidazole rings is 1. The molecule has 0 aliphatic rings. The molecule has 0 aliphatic heterocycles. The van der Waals surface area contributed by atoms with E-state index in [0.717, 1.165) is 12.1 Å². The number of amides is 2. The Morgan fingerprint density at radius 3 is 2.38 bits per heavy atom. The van der Waals surface area contributed by atoms with Crippen molar-refractivity contribution in [2.45, 2.75) is 32.5 Å². The van der Waals surface area contributed by atoms with Gasteiger partial charge in [-0.15, -0.1) is 0 Å². The maximum atomic E-state index is 14.2. The van der Waals surface area contributed by atoms with E-state index >= 15 is 0 Å². The number of nitrogens with one attached hydrogen (secondary N) is 2. The van der Waals surface area contributed by atoms with Crippen LogP contribution in [0.15, 0.2) is 60.9 Å². The summed E-state index contributed by atoms with van der Waals surface area (Å²) in [5, 5.41) is 4.99. The Bertz CT molecular complexity index is 1670. The van der Waals surface area contributed by atoms with Gasteiger partial charge in [-0.05, 0) is 61.0 Å². The second kappa shape index (κ2) is 12.1. The standard InChI is InChI=1S/C28H21ClF5N5O3/c1-14(40)13-39-23(15(2)21-11-18(30)5-6-22(21)29)24(37-25(39)27(42)36-20-4-3-7-35-12-20)38-26(41)16-8-17(28(32,33)34)10-19(31)9-16/h3-12,15H,13H2,1-2H3,(H,36,42)(H,38,41)/t15-/m0/s1. The minimum Gasteiger partial charge on any atom is -0.318 e. The number of hydrogen-bond acceptors (Lipinski definition) is 5. The molecule has 2 aromatic heterocycles. The average molecular weight is 606 g/mol. The molecule has 1 atom stereocenters. The van der Waals surface area contributed by atoms with Crippen LogP contribution >= 0.6 is 11.6 Å². The largest absolute Gasteiger partial charge is 0.416 e. The Labute approximate surface area is 240 Å². The molecule has 8 nitrogen and oxygen atoms in total. The Hall–Kier alpha value is -4.65. The Morgan fingerprint density at radius 1 is 1.00 bits per heavy atom. The van der Waals surface area contributed by atoms with Crippen molar-refractivity contribution in [3.8, 4) is 0 Å². The molecule has 0 radical (unpaired) electrons. The SMILES string of the molecule is CC(=O)Cn1c(C(=O)Nc2cccnc2)nc(NC(=O)c2cc(F)cc(C(F)(F)F)c2)c1[C@@H](C)c1cc(F)ccc1Cl. The maximum Gasteiger partial charge on any atom is 0.416 e. The van der Waals surface area contributed by atoms with Crippen LogP contribution < -0.4 is 10.6 Å². The molecule has 14 heteroatoms. The number of Topliss-reactive ketones (excluding diaryl/α,β-unsaturated/α-hetero) is 1. The van der Waals surface area contributed by atoms with E-state index in [4.69, 9.17) is 11.6 Å². The van der Waals surface area contributed by atoms with Gasteiger partial charge in [0.2, 0.25) is 5.82 Å². The molecule has 0 saturated heterocycles. The number of carbonyl (C=O) groups is 3. The van der Waals surface area contributed by atoms with Gasteiger partial charge in [0.05, 0.1) is 29.7 Å². The molecule has 0 bridgehead atoms. The minimum atomic E-state index is -4.94. The number of ketones is 1. The van der Waals surface area contributed by atoms with Crippen LogP contribution in [0.2, 0.25) is 5.02 Å². The first-order valence-corrected chi connectivity index (χ1v) is 12.6. The molecular weight excluding hydrogens is 585 g/mol. The van der Waals surface area contributed by atoms with Crippen LogP contribution in [0.4, 0.5) is 33.5 Å². The van der Waals surface area contributed by atoms with Gasteiger partial charge in [-0.25, -0.2) is 13.8 Å². The van der Waals surface area contributed by atoms with Gasteiger partial charge in [0.1, 0.15) is 17.4 Å². The normalized spacial score (nSPS) is 12.1. The van der Waals surface area contributed by atoms with E-state index in [0.29, 0.717) is 12.1 Å². The van der Waals surface area contributed by atoms with Crippen LogP contribution in [0, 0.1) is 11.6 Å². The van der Waals surface area contributed by atoms with Crippen molar-refractivity contribution >= 4 is 40.7 Å². The summed E-state index contributed by atoms with van der Waals surface area (Å²) in [7, 11) is 0. The third-order valence-electron chi connectivity index (χ3n) is 6.06. The topological polar surface area (TPSA) is 106 Å². The summed E-state index contributed by atoms with van der Waals surface area (Å²) in [5.74, 6) is -6.04. The van der Waals surface area contributed by atoms with Gasteiger partial charge in [0.25, 0.3) is 11.8 Å². The van der Waals surface area contributed by atoms with Gasteiger partial charge in [-0.1, -0.05) is 18.5 Å². The Morgan fingerprint density at radius 2 is 1.74 bits per heavy atom. The minimum absolute atomic E-state index is 0.00911. The Balaban J connectivity index is 1.87. The third kappa shape index (κ3) is 6.79. The zero-order valence-electron chi connectivity index (χ0n) is 21.9. The van der Waals surface area contributed by atoms with Crippen LogP contribution in [0.25, 0.3) is 0 Å². The number of pyridine rings is 1. The highest BCUT2D eigenvalue weighted by Crippen LogP contribution is 2.36. The molecule has 2 amide bonds. The lowest BCUT2D eigenvalue weighted by Gasteiger charge is -2.19. The number of hydrogen-bond donors (Lipinski definition) is 2. The van der Waals surface area contributed by atoms with Crippen LogP contribution in [0.5, 0.6) is 0 Å². The van der Waals surface area contributed by atoms with E-state index in [1.165, 1.54) is 42.9 Å². The van der Waals surface area contributed by atoms with E-state index in [1.807, 2.05) is 0 Å². The predicted octanol–water partition coefficient (Wildman–Crippen LogP) is 6.47. The van der Waals surface area contributed by atoms with E-state index in [1.54, 1.807) is 6.07 Å². The summed E-state index contributed by atoms with van der Waals surface area (Å²) in [6.45, 7) is 2.34. The first-order chi connectivity index (χ1) is 19.7. The fourth-order valence-corrected chi connectivity index (χ4v) is 4.52. The van der Waals surface area contributed by atoms with Crippen molar-refractivity contribution < 1.29 is 36.3 Å². The van der Waals surface area contributed by atoms with Crippen molar-refractivity contribution in [3.05, 3.63) is 106 Å². The van der Waals surface area contributed by atoms with Crippen molar-refractivity contribution in [1.29, 1.82) is 0 Å². The number of alkyl halides is 3. The van der Waals surface area contributed by atoms with Gasteiger partial charge in [0, 0.05) is 22.7 Å². The van der Waals surface area contributed by atoms with E-state index in [-0.39, 0.29) is 39.7 Å². The highest BCUT2D eigenvalue weighted by molar-refractivity contribution is 6.31. The third-order valence-corrected chi connectivity index (χ3v) is 6.41. The van der Waals surface area contributed by atoms with Crippen molar-refractivity contribution in [3.63, 3.8) is 0 Å². The number of aromatic nitrogens is 3. The molecule has 0 fully saturated rings. The highest BCUT2D eigenvalue weighted by Gasteiger charge is 2.33. The van der Waals surface area contributed by atoms with Crippen LogP contribution in [0.1, 0.15) is 57.6 Å². The Kier molecular flexibility index (Phi) is 8.71. The molecule has 0 unspecified atom stereocenters. The van der Waals surface area contributed by atoms with E-state index in [9.17, 15) is 36.3 Å². The summed E-state index contributed by atoms with van der Waals surface area (Å²) in [5.41, 5.74) is -1.61. The summed E-state index contributed by atoms with van der Waals surface area (Å²) in [6.07, 6.45) is -2.12. The predicted molar refractivity (Wildman–Crippen MR) is 143 cm³/mol. The lowest BCUT2D eigenvalue weighted by molar-refractivity contribution is -0.137. The zero-order valence-corrected chi connectivity index (χ0v) is 22.6. The molecule has 218 valence electrons. The van der Waals surface area contributed by atoms with E-state index in [2.05, 4.69) is 20.6 Å². The van der Waals surface area contributed by atoms with Gasteiger partial charge in [-0.2, -0.15) is 13.2 Å². The zero-order chi connectivity index (χ0) is 30.8. The number of carbonyl (C=O) groups excluding carboxylic acids is 3. The molecule has 0 saturated carbocycles. The molecule has 2 N–H and O–H groups in total. The number of halogens is 6. The van der Waals surface area contributed by atoms with Gasteiger partial charge in [0.15, 0.2) is 5.82 Å². The molecule has 2 aromatic carbocycles. The smallest absolute Gasteiger partial charge is 0.318 e. The molecule has 0 spiro atoms. The van der Waals surface area contributed by atoms with Gasteiger partial charge in [-0.3, -0.25) is 19.4 Å². The van der Waals surface area contributed by atoms with Gasteiger partial charge >= 0.3 is 6.18 Å². The summed E-state index contributed by atoms with van der Waals surface area (Å²) < 4.78 is 69.3. The average Bonchev–Trinajstić information content (AvgIpc) is 3.26. The molecular formula is C28H21ClF5N5O3. The van der Waals surface area contributed by atoms with Crippen LogP contribution in [-0.2, 0) is 17.5 Å². The molecule has 0 aliphatic carbocycles. The first-order valence-electron chi connectivity index (χ1n) is 12.2. The van der Waals surface area contributed by atoms with Crippen molar-refractivity contribution in [2.24, 2.45) is 0 Å². The molecule has 4 rings (SSSR count).